The highest BCUT2D eigenvalue weighted by Crippen LogP contribution is 2.35. The lowest BCUT2D eigenvalue weighted by Gasteiger charge is -2.30. The molecular formula is C12H22BrNO2. The highest BCUT2D eigenvalue weighted by molar-refractivity contribution is 9.10. The summed E-state index contributed by atoms with van der Waals surface area (Å²) in [5.74, 6) is 0.913. The molecule has 1 amide bonds. The molecule has 0 heterocycles. The van der Waals surface area contributed by atoms with Crippen LogP contribution < -0.4 is 0 Å². The standard InChI is InChI=1S/C12H22BrNO2/c1-4-11(13)12(15)14(7-8-16-3)9(2)10-5-6-10/h9-11H,4-8H2,1-3H3. The largest absolute Gasteiger partial charge is 0.383 e. The van der Waals surface area contributed by atoms with Gasteiger partial charge in [0.25, 0.3) is 0 Å². The Labute approximate surface area is 107 Å². The van der Waals surface area contributed by atoms with Gasteiger partial charge in [-0.2, -0.15) is 0 Å². The average molecular weight is 292 g/mol. The van der Waals surface area contributed by atoms with Gasteiger partial charge in [0.15, 0.2) is 0 Å². The van der Waals surface area contributed by atoms with E-state index in [4.69, 9.17) is 4.74 Å². The van der Waals surface area contributed by atoms with Crippen molar-refractivity contribution in [1.29, 1.82) is 0 Å². The molecule has 3 nitrogen and oxygen atoms in total. The van der Waals surface area contributed by atoms with Crippen LogP contribution in [0.1, 0.15) is 33.1 Å². The quantitative estimate of drug-likeness (QED) is 0.675. The zero-order chi connectivity index (χ0) is 12.1. The first-order valence-electron chi connectivity index (χ1n) is 6.05. The lowest BCUT2D eigenvalue weighted by Crippen LogP contribution is -2.45. The first-order chi connectivity index (χ1) is 7.61. The van der Waals surface area contributed by atoms with Gasteiger partial charge in [-0.3, -0.25) is 4.79 Å². The maximum Gasteiger partial charge on any atom is 0.236 e. The lowest BCUT2D eigenvalue weighted by atomic mass is 10.1. The summed E-state index contributed by atoms with van der Waals surface area (Å²) in [7, 11) is 1.68. The van der Waals surface area contributed by atoms with Gasteiger partial charge in [0.05, 0.1) is 11.4 Å². The van der Waals surface area contributed by atoms with E-state index in [9.17, 15) is 4.79 Å². The van der Waals surface area contributed by atoms with Crippen molar-refractivity contribution in [3.05, 3.63) is 0 Å². The smallest absolute Gasteiger partial charge is 0.236 e. The van der Waals surface area contributed by atoms with Crippen LogP contribution in [0, 0.1) is 5.92 Å². The van der Waals surface area contributed by atoms with Crippen LogP contribution in [0.3, 0.4) is 0 Å². The van der Waals surface area contributed by atoms with Gasteiger partial charge in [-0.05, 0) is 32.1 Å². The van der Waals surface area contributed by atoms with Crippen LogP contribution in [0.25, 0.3) is 0 Å². The van der Waals surface area contributed by atoms with Crippen LogP contribution in [-0.2, 0) is 9.53 Å². The van der Waals surface area contributed by atoms with Crippen molar-refractivity contribution in [3.63, 3.8) is 0 Å². The summed E-state index contributed by atoms with van der Waals surface area (Å²) in [5, 5.41) is 0. The molecule has 0 aromatic heterocycles. The van der Waals surface area contributed by atoms with Gasteiger partial charge in [-0.1, -0.05) is 22.9 Å². The molecule has 1 fully saturated rings. The molecule has 0 spiro atoms. The molecule has 2 atom stereocenters. The number of hydrogen-bond donors (Lipinski definition) is 0. The minimum Gasteiger partial charge on any atom is -0.383 e. The van der Waals surface area contributed by atoms with Crippen LogP contribution in [0.15, 0.2) is 0 Å². The fraction of sp³-hybridized carbons (Fsp3) is 0.917. The summed E-state index contributed by atoms with van der Waals surface area (Å²) < 4.78 is 5.08. The first kappa shape index (κ1) is 14.0. The van der Waals surface area contributed by atoms with Gasteiger partial charge in [0.1, 0.15) is 0 Å². The number of nitrogens with zero attached hydrogens (tertiary/aromatic N) is 1. The highest BCUT2D eigenvalue weighted by atomic mass is 79.9. The minimum absolute atomic E-state index is 0.0504. The molecule has 2 unspecified atom stereocenters. The van der Waals surface area contributed by atoms with Crippen molar-refractivity contribution in [2.75, 3.05) is 20.3 Å². The minimum atomic E-state index is -0.0504. The fourth-order valence-electron chi connectivity index (χ4n) is 1.89. The molecular weight excluding hydrogens is 270 g/mol. The van der Waals surface area contributed by atoms with E-state index < -0.39 is 0 Å². The van der Waals surface area contributed by atoms with E-state index in [0.717, 1.165) is 6.42 Å². The monoisotopic (exact) mass is 291 g/mol. The van der Waals surface area contributed by atoms with Crippen LogP contribution in [-0.4, -0.2) is 41.9 Å². The number of methoxy groups -OCH3 is 1. The van der Waals surface area contributed by atoms with E-state index in [1.54, 1.807) is 7.11 Å². The fourth-order valence-corrected chi connectivity index (χ4v) is 2.15. The Kier molecular flexibility index (Phi) is 5.76. The predicted molar refractivity (Wildman–Crippen MR) is 68.8 cm³/mol. The second-order valence-corrected chi connectivity index (χ2v) is 5.58. The van der Waals surface area contributed by atoms with E-state index in [2.05, 4.69) is 22.9 Å². The van der Waals surface area contributed by atoms with Gasteiger partial charge in [-0.15, -0.1) is 0 Å². The van der Waals surface area contributed by atoms with Crippen molar-refractivity contribution in [3.8, 4) is 0 Å². The molecule has 4 heteroatoms. The molecule has 1 rings (SSSR count). The summed E-state index contributed by atoms with van der Waals surface area (Å²) in [6.07, 6.45) is 3.35. The Balaban J connectivity index is 2.57. The molecule has 1 aliphatic rings. The van der Waals surface area contributed by atoms with E-state index in [0.29, 0.717) is 25.1 Å². The topological polar surface area (TPSA) is 29.5 Å². The normalized spacial score (nSPS) is 19.2. The van der Waals surface area contributed by atoms with Crippen molar-refractivity contribution in [1.82, 2.24) is 4.90 Å². The van der Waals surface area contributed by atoms with Gasteiger partial charge in [0, 0.05) is 19.7 Å². The second kappa shape index (κ2) is 6.60. The summed E-state index contributed by atoms with van der Waals surface area (Å²) >= 11 is 3.44. The molecule has 94 valence electrons. The predicted octanol–water partition coefficient (Wildman–Crippen LogP) is 2.43. The van der Waals surface area contributed by atoms with Crippen molar-refractivity contribution >= 4 is 21.8 Å². The zero-order valence-electron chi connectivity index (χ0n) is 10.4. The third kappa shape index (κ3) is 3.74. The molecule has 0 saturated heterocycles. The van der Waals surface area contributed by atoms with Crippen LogP contribution in [0.4, 0.5) is 0 Å². The van der Waals surface area contributed by atoms with Crippen molar-refractivity contribution < 1.29 is 9.53 Å². The molecule has 0 radical (unpaired) electrons. The van der Waals surface area contributed by atoms with Gasteiger partial charge >= 0.3 is 0 Å². The van der Waals surface area contributed by atoms with E-state index in [1.807, 2.05) is 11.8 Å². The molecule has 0 aromatic rings. The number of amides is 1. The number of ether oxygens (including phenoxy) is 1. The molecule has 0 aliphatic heterocycles. The Bertz CT molecular complexity index is 231. The Hall–Kier alpha value is -0.0900. The lowest BCUT2D eigenvalue weighted by molar-refractivity contribution is -0.133. The summed E-state index contributed by atoms with van der Waals surface area (Å²) in [6, 6.07) is 0.356. The van der Waals surface area contributed by atoms with Crippen molar-refractivity contribution in [2.45, 2.75) is 44.0 Å². The first-order valence-corrected chi connectivity index (χ1v) is 6.96. The number of carbonyl (C=O) groups excluding carboxylic acids is 1. The molecule has 1 saturated carbocycles. The maximum atomic E-state index is 12.2. The third-order valence-corrected chi connectivity index (χ3v) is 4.28. The van der Waals surface area contributed by atoms with Gasteiger partial charge < -0.3 is 9.64 Å². The summed E-state index contributed by atoms with van der Waals surface area (Å²) in [5.41, 5.74) is 0. The highest BCUT2D eigenvalue weighted by Gasteiger charge is 2.35. The van der Waals surface area contributed by atoms with Crippen LogP contribution >= 0.6 is 15.9 Å². The van der Waals surface area contributed by atoms with Gasteiger partial charge in [-0.25, -0.2) is 0 Å². The second-order valence-electron chi connectivity index (χ2n) is 4.48. The van der Waals surface area contributed by atoms with Crippen LogP contribution in [0.2, 0.25) is 0 Å². The van der Waals surface area contributed by atoms with E-state index in [-0.39, 0.29) is 10.7 Å². The van der Waals surface area contributed by atoms with Crippen LogP contribution in [0.5, 0.6) is 0 Å². The zero-order valence-corrected chi connectivity index (χ0v) is 12.0. The Morgan fingerprint density at radius 3 is 2.62 bits per heavy atom. The number of rotatable bonds is 7. The molecule has 1 aliphatic carbocycles. The SMILES string of the molecule is CCC(Br)C(=O)N(CCOC)C(C)C1CC1. The summed E-state index contributed by atoms with van der Waals surface area (Å²) in [4.78, 5) is 14.1. The maximum absolute atomic E-state index is 12.2. The molecule has 16 heavy (non-hydrogen) atoms. The summed E-state index contributed by atoms with van der Waals surface area (Å²) in [6.45, 7) is 5.50. The number of carbonyl (C=O) groups is 1. The Morgan fingerprint density at radius 2 is 2.19 bits per heavy atom. The number of alkyl halides is 1. The molecule has 0 aromatic carbocycles. The van der Waals surface area contributed by atoms with E-state index in [1.165, 1.54) is 12.8 Å². The number of hydrogen-bond acceptors (Lipinski definition) is 2. The average Bonchev–Trinajstić information content (AvgIpc) is 3.11. The third-order valence-electron chi connectivity index (χ3n) is 3.24. The van der Waals surface area contributed by atoms with Crippen molar-refractivity contribution in [2.24, 2.45) is 5.92 Å². The molecule has 0 N–H and O–H groups in total. The van der Waals surface area contributed by atoms with Gasteiger partial charge in [0.2, 0.25) is 5.91 Å². The molecule has 0 bridgehead atoms. The Morgan fingerprint density at radius 1 is 1.56 bits per heavy atom. The van der Waals surface area contributed by atoms with E-state index >= 15 is 0 Å². The number of halogens is 1.